The number of likely N-dealkylation sites (N-methyl/N-ethyl adjacent to an activating group) is 1. The number of halogens is 1. The summed E-state index contributed by atoms with van der Waals surface area (Å²) in [7, 11) is 3.61. The van der Waals surface area contributed by atoms with E-state index in [2.05, 4.69) is 23.3 Å². The van der Waals surface area contributed by atoms with E-state index in [1.54, 1.807) is 7.11 Å². The number of nitrogens with one attached hydrogen (secondary N) is 1. The molecule has 3 nitrogen and oxygen atoms in total. The van der Waals surface area contributed by atoms with Gasteiger partial charge in [-0.2, -0.15) is 0 Å². The van der Waals surface area contributed by atoms with E-state index < -0.39 is 0 Å². The minimum atomic E-state index is 0.128. The molecule has 0 amide bonds. The summed E-state index contributed by atoms with van der Waals surface area (Å²) in [5, 5.41) is 4.03. The normalized spacial score (nSPS) is 12.2. The summed E-state index contributed by atoms with van der Waals surface area (Å²) in [6, 6.07) is 9.83. The Morgan fingerprint density at radius 1 is 1.35 bits per heavy atom. The van der Waals surface area contributed by atoms with Crippen molar-refractivity contribution >= 4 is 11.6 Å². The summed E-state index contributed by atoms with van der Waals surface area (Å²) >= 11 is 6.09. The zero-order valence-corrected chi connectivity index (χ0v) is 12.7. The molecule has 4 heteroatoms. The molecule has 2 rings (SSSR count). The molecule has 0 bridgehead atoms. The van der Waals surface area contributed by atoms with Gasteiger partial charge in [0.25, 0.3) is 0 Å². The summed E-state index contributed by atoms with van der Waals surface area (Å²) in [5.41, 5.74) is 3.30. The zero-order chi connectivity index (χ0) is 14.5. The number of aryl methyl sites for hydroxylation is 1. The van der Waals surface area contributed by atoms with Gasteiger partial charge < -0.3 is 10.1 Å². The van der Waals surface area contributed by atoms with Crippen LogP contribution in [-0.2, 0) is 6.42 Å². The number of methoxy groups -OCH3 is 1. The van der Waals surface area contributed by atoms with E-state index in [0.29, 0.717) is 5.02 Å². The summed E-state index contributed by atoms with van der Waals surface area (Å²) in [6.07, 6.45) is 2.60. The summed E-state index contributed by atoms with van der Waals surface area (Å²) in [5.74, 6) is 0.850. The van der Waals surface area contributed by atoms with Crippen molar-refractivity contribution in [2.45, 2.75) is 19.4 Å². The van der Waals surface area contributed by atoms with Crippen LogP contribution in [0.25, 0.3) is 0 Å². The molecule has 1 N–H and O–H groups in total. The molecule has 0 aliphatic heterocycles. The van der Waals surface area contributed by atoms with Crippen LogP contribution >= 0.6 is 11.6 Å². The standard InChI is InChI=1S/C16H19ClN2O/c1-11-5-4-8-19-16(11)14(18-2)10-12-9-13(17)6-7-15(12)20-3/h4-9,14,18H,10H2,1-3H3. The highest BCUT2D eigenvalue weighted by Gasteiger charge is 2.16. The number of nitrogens with zero attached hydrogens (tertiary/aromatic N) is 1. The second-order valence-corrected chi connectivity index (χ2v) is 5.14. The van der Waals surface area contributed by atoms with E-state index in [-0.39, 0.29) is 6.04 Å². The van der Waals surface area contributed by atoms with Crippen molar-refractivity contribution in [2.75, 3.05) is 14.2 Å². The van der Waals surface area contributed by atoms with E-state index in [9.17, 15) is 0 Å². The molecule has 0 aliphatic rings. The summed E-state index contributed by atoms with van der Waals surface area (Å²) in [4.78, 5) is 4.49. The Morgan fingerprint density at radius 2 is 2.15 bits per heavy atom. The highest BCUT2D eigenvalue weighted by atomic mass is 35.5. The summed E-state index contributed by atoms with van der Waals surface area (Å²) in [6.45, 7) is 2.07. The number of ether oxygens (including phenoxy) is 1. The van der Waals surface area contributed by atoms with Gasteiger partial charge in [0.1, 0.15) is 5.75 Å². The molecule has 0 saturated heterocycles. The molecule has 0 aliphatic carbocycles. The SMILES string of the molecule is CNC(Cc1cc(Cl)ccc1OC)c1ncccc1C. The molecule has 0 fully saturated rings. The Kier molecular flexibility index (Phi) is 4.99. The predicted octanol–water partition coefficient (Wildman–Crippen LogP) is 3.56. The first-order valence-electron chi connectivity index (χ1n) is 6.57. The van der Waals surface area contributed by atoms with Gasteiger partial charge in [-0.15, -0.1) is 0 Å². The van der Waals surface area contributed by atoms with Gasteiger partial charge in [-0.25, -0.2) is 0 Å². The van der Waals surface area contributed by atoms with E-state index >= 15 is 0 Å². The molecular weight excluding hydrogens is 272 g/mol. The number of aromatic nitrogens is 1. The minimum Gasteiger partial charge on any atom is -0.496 e. The number of hydrogen-bond donors (Lipinski definition) is 1. The van der Waals surface area contributed by atoms with Crippen LogP contribution in [0.3, 0.4) is 0 Å². The molecule has 20 heavy (non-hydrogen) atoms. The maximum atomic E-state index is 6.09. The third-order valence-electron chi connectivity index (χ3n) is 3.39. The summed E-state index contributed by atoms with van der Waals surface area (Å²) < 4.78 is 5.40. The van der Waals surface area contributed by atoms with Crippen LogP contribution in [0.5, 0.6) is 5.75 Å². The van der Waals surface area contributed by atoms with Gasteiger partial charge in [-0.3, -0.25) is 4.98 Å². The largest absolute Gasteiger partial charge is 0.496 e. The molecule has 0 radical (unpaired) electrons. The van der Waals surface area contributed by atoms with Gasteiger partial charge in [0, 0.05) is 11.2 Å². The average Bonchev–Trinajstić information content (AvgIpc) is 2.46. The second kappa shape index (κ2) is 6.73. The third-order valence-corrected chi connectivity index (χ3v) is 3.63. The Balaban J connectivity index is 2.31. The van der Waals surface area contributed by atoms with Gasteiger partial charge in [0.05, 0.1) is 18.8 Å². The fraction of sp³-hybridized carbons (Fsp3) is 0.312. The molecule has 0 spiro atoms. The van der Waals surface area contributed by atoms with Crippen molar-refractivity contribution < 1.29 is 4.74 Å². The molecule has 1 unspecified atom stereocenters. The smallest absolute Gasteiger partial charge is 0.122 e. The molecule has 1 aromatic heterocycles. The zero-order valence-electron chi connectivity index (χ0n) is 12.0. The lowest BCUT2D eigenvalue weighted by atomic mass is 9.99. The third kappa shape index (κ3) is 3.30. The molecule has 1 heterocycles. The first-order valence-corrected chi connectivity index (χ1v) is 6.94. The molecule has 106 valence electrons. The van der Waals surface area contributed by atoms with Crippen molar-refractivity contribution in [2.24, 2.45) is 0 Å². The predicted molar refractivity (Wildman–Crippen MR) is 82.5 cm³/mol. The van der Waals surface area contributed by atoms with Crippen LogP contribution in [0.15, 0.2) is 36.5 Å². The average molecular weight is 291 g/mol. The quantitative estimate of drug-likeness (QED) is 0.914. The van der Waals surface area contributed by atoms with Crippen LogP contribution in [0.2, 0.25) is 5.02 Å². The van der Waals surface area contributed by atoms with Crippen LogP contribution in [0, 0.1) is 6.92 Å². The number of hydrogen-bond acceptors (Lipinski definition) is 3. The van der Waals surface area contributed by atoms with Gasteiger partial charge in [-0.1, -0.05) is 17.7 Å². The fourth-order valence-corrected chi connectivity index (χ4v) is 2.52. The van der Waals surface area contributed by atoms with Crippen molar-refractivity contribution in [3.63, 3.8) is 0 Å². The highest BCUT2D eigenvalue weighted by molar-refractivity contribution is 6.30. The van der Waals surface area contributed by atoms with Gasteiger partial charge in [-0.05, 0) is 55.8 Å². The lowest BCUT2D eigenvalue weighted by molar-refractivity contribution is 0.406. The second-order valence-electron chi connectivity index (χ2n) is 4.71. The van der Waals surface area contributed by atoms with Crippen LogP contribution in [0.1, 0.15) is 22.9 Å². The minimum absolute atomic E-state index is 0.128. The van der Waals surface area contributed by atoms with Crippen LogP contribution in [-0.4, -0.2) is 19.1 Å². The highest BCUT2D eigenvalue weighted by Crippen LogP contribution is 2.28. The van der Waals surface area contributed by atoms with E-state index in [0.717, 1.165) is 23.4 Å². The van der Waals surface area contributed by atoms with Gasteiger partial charge in [0.2, 0.25) is 0 Å². The monoisotopic (exact) mass is 290 g/mol. The van der Waals surface area contributed by atoms with Crippen molar-refractivity contribution in [1.29, 1.82) is 0 Å². The van der Waals surface area contributed by atoms with E-state index in [1.807, 2.05) is 37.5 Å². The number of rotatable bonds is 5. The fourth-order valence-electron chi connectivity index (χ4n) is 2.32. The molecule has 1 atom stereocenters. The van der Waals surface area contributed by atoms with E-state index in [1.165, 1.54) is 5.56 Å². The first kappa shape index (κ1) is 14.8. The van der Waals surface area contributed by atoms with Crippen LogP contribution < -0.4 is 10.1 Å². The Hall–Kier alpha value is -1.58. The van der Waals surface area contributed by atoms with Crippen molar-refractivity contribution in [3.05, 3.63) is 58.4 Å². The number of benzene rings is 1. The Morgan fingerprint density at radius 3 is 2.80 bits per heavy atom. The van der Waals surface area contributed by atoms with Crippen LogP contribution in [0.4, 0.5) is 0 Å². The topological polar surface area (TPSA) is 34.1 Å². The lowest BCUT2D eigenvalue weighted by Gasteiger charge is -2.19. The molecule has 0 saturated carbocycles. The Labute approximate surface area is 124 Å². The maximum Gasteiger partial charge on any atom is 0.122 e. The molecule has 2 aromatic rings. The van der Waals surface area contributed by atoms with E-state index in [4.69, 9.17) is 16.3 Å². The van der Waals surface area contributed by atoms with Gasteiger partial charge >= 0.3 is 0 Å². The van der Waals surface area contributed by atoms with Gasteiger partial charge in [0.15, 0.2) is 0 Å². The Bertz CT molecular complexity index is 586. The maximum absolute atomic E-state index is 6.09. The van der Waals surface area contributed by atoms with Crippen molar-refractivity contribution in [3.8, 4) is 5.75 Å². The number of pyridine rings is 1. The van der Waals surface area contributed by atoms with Crippen molar-refractivity contribution in [1.82, 2.24) is 10.3 Å². The first-order chi connectivity index (χ1) is 9.65. The molecular formula is C16H19ClN2O. The molecule has 1 aromatic carbocycles. The lowest BCUT2D eigenvalue weighted by Crippen LogP contribution is -2.21.